The molecule has 1 rings (SSSR count). The molecule has 14 heavy (non-hydrogen) atoms. The lowest BCUT2D eigenvalue weighted by Gasteiger charge is -1.96. The van der Waals surface area contributed by atoms with E-state index in [4.69, 9.17) is 0 Å². The molecule has 0 spiro atoms. The molecule has 2 nitrogen and oxygen atoms in total. The van der Waals surface area contributed by atoms with Crippen LogP contribution >= 0.6 is 11.8 Å². The highest BCUT2D eigenvalue weighted by molar-refractivity contribution is 8.02. The molecule has 74 valence electrons. The molecule has 0 fully saturated rings. The largest absolute Gasteiger partial charge is 0.265 e. The lowest BCUT2D eigenvalue weighted by Crippen LogP contribution is -1.77. The molecule has 1 aromatic heterocycles. The highest BCUT2D eigenvalue weighted by atomic mass is 32.2. The third-order valence-corrected chi connectivity index (χ3v) is 2.48. The number of hydrogen-bond acceptors (Lipinski definition) is 3. The lowest BCUT2D eigenvalue weighted by atomic mass is 10.4. The van der Waals surface area contributed by atoms with Crippen LogP contribution in [-0.2, 0) is 0 Å². The van der Waals surface area contributed by atoms with Gasteiger partial charge in [-0.05, 0) is 30.9 Å². The van der Waals surface area contributed by atoms with E-state index in [9.17, 15) is 0 Å². The van der Waals surface area contributed by atoms with Gasteiger partial charge < -0.3 is 0 Å². The van der Waals surface area contributed by atoms with Gasteiger partial charge in [0.05, 0.1) is 0 Å². The Labute approximate surface area is 89.2 Å². The van der Waals surface area contributed by atoms with Gasteiger partial charge in [-0.25, -0.2) is 4.98 Å². The summed E-state index contributed by atoms with van der Waals surface area (Å²) in [5, 5.41) is 3.05. The molecule has 0 aliphatic heterocycles. The SMILES string of the molecule is CC=N/C(=C/Sc1ccccn1)CC. The number of hydrogen-bond donors (Lipinski definition) is 0. The standard InChI is InChI=1S/C11H14N2S/c1-3-10(12-4-2)9-14-11-7-5-6-8-13-11/h4-9H,3H2,1-2H3/b10-9+,12-4?. The summed E-state index contributed by atoms with van der Waals surface area (Å²) in [6, 6.07) is 5.89. The zero-order valence-corrected chi connectivity index (χ0v) is 9.29. The summed E-state index contributed by atoms with van der Waals surface area (Å²) in [6.45, 7) is 4.02. The van der Waals surface area contributed by atoms with Gasteiger partial charge in [-0.3, -0.25) is 4.99 Å². The predicted octanol–water partition coefficient (Wildman–Crippen LogP) is 3.52. The van der Waals surface area contributed by atoms with Crippen LogP contribution in [0.25, 0.3) is 0 Å². The lowest BCUT2D eigenvalue weighted by molar-refractivity contribution is 1.08. The van der Waals surface area contributed by atoms with Crippen molar-refractivity contribution in [3.63, 3.8) is 0 Å². The van der Waals surface area contributed by atoms with Gasteiger partial charge in [0.15, 0.2) is 0 Å². The second kappa shape index (κ2) is 6.38. The van der Waals surface area contributed by atoms with E-state index >= 15 is 0 Å². The highest BCUT2D eigenvalue weighted by Crippen LogP contribution is 2.19. The van der Waals surface area contributed by atoms with E-state index in [0.29, 0.717) is 0 Å². The van der Waals surface area contributed by atoms with Gasteiger partial charge in [0, 0.05) is 18.1 Å². The molecular weight excluding hydrogens is 192 g/mol. The molecule has 0 atom stereocenters. The van der Waals surface area contributed by atoms with Crippen molar-refractivity contribution in [2.75, 3.05) is 0 Å². The maximum Gasteiger partial charge on any atom is 0.100 e. The first-order valence-corrected chi connectivity index (χ1v) is 5.50. The maximum atomic E-state index is 4.25. The summed E-state index contributed by atoms with van der Waals surface area (Å²) in [6.07, 6.45) is 4.56. The quantitative estimate of drug-likeness (QED) is 0.556. The van der Waals surface area contributed by atoms with Crippen molar-refractivity contribution in [3.05, 3.63) is 35.5 Å². The molecule has 0 unspecified atom stereocenters. The Morgan fingerprint density at radius 3 is 3.00 bits per heavy atom. The van der Waals surface area contributed by atoms with Crippen LogP contribution in [0.2, 0.25) is 0 Å². The van der Waals surface area contributed by atoms with Crippen molar-refractivity contribution < 1.29 is 0 Å². The molecule has 1 heterocycles. The van der Waals surface area contributed by atoms with Gasteiger partial charge in [-0.1, -0.05) is 24.8 Å². The summed E-state index contributed by atoms with van der Waals surface area (Å²) >= 11 is 1.61. The Balaban J connectivity index is 2.61. The molecule has 1 aromatic rings. The smallest absolute Gasteiger partial charge is 0.100 e. The fourth-order valence-corrected chi connectivity index (χ4v) is 1.68. The second-order valence-corrected chi connectivity index (χ2v) is 3.53. The molecule has 0 amide bonds. The zero-order valence-electron chi connectivity index (χ0n) is 8.47. The molecule has 0 aliphatic carbocycles. The topological polar surface area (TPSA) is 25.2 Å². The first-order valence-electron chi connectivity index (χ1n) is 4.62. The number of aliphatic imine (C=N–C) groups is 1. The van der Waals surface area contributed by atoms with Crippen LogP contribution in [0.4, 0.5) is 0 Å². The molecule has 0 aromatic carbocycles. The van der Waals surface area contributed by atoms with Gasteiger partial charge in [0.1, 0.15) is 5.03 Å². The van der Waals surface area contributed by atoms with E-state index in [1.54, 1.807) is 18.0 Å². The van der Waals surface area contributed by atoms with Gasteiger partial charge in [0.2, 0.25) is 0 Å². The zero-order chi connectivity index (χ0) is 10.2. The van der Waals surface area contributed by atoms with E-state index < -0.39 is 0 Å². The minimum absolute atomic E-state index is 0.949. The normalized spacial score (nSPS) is 12.3. The van der Waals surface area contributed by atoms with E-state index in [-0.39, 0.29) is 0 Å². The molecule has 0 saturated carbocycles. The van der Waals surface area contributed by atoms with Crippen molar-refractivity contribution in [2.45, 2.75) is 25.3 Å². The second-order valence-electron chi connectivity index (χ2n) is 2.64. The van der Waals surface area contributed by atoms with Crippen LogP contribution in [0.1, 0.15) is 20.3 Å². The summed E-state index contributed by atoms with van der Waals surface area (Å²) in [5.74, 6) is 0. The molecule has 0 N–H and O–H groups in total. The number of pyridine rings is 1. The number of thioether (sulfide) groups is 1. The summed E-state index contributed by atoms with van der Waals surface area (Å²) < 4.78 is 0. The summed E-state index contributed by atoms with van der Waals surface area (Å²) in [7, 11) is 0. The van der Waals surface area contributed by atoms with Crippen LogP contribution in [0.5, 0.6) is 0 Å². The molecule has 0 aliphatic rings. The Kier molecular flexibility index (Phi) is 5.00. The van der Waals surface area contributed by atoms with Crippen molar-refractivity contribution in [1.82, 2.24) is 4.98 Å². The first-order chi connectivity index (χ1) is 6.86. The third kappa shape index (κ3) is 3.75. The highest BCUT2D eigenvalue weighted by Gasteiger charge is 1.92. The van der Waals surface area contributed by atoms with E-state index in [0.717, 1.165) is 17.1 Å². The van der Waals surface area contributed by atoms with Crippen LogP contribution in [0.3, 0.4) is 0 Å². The van der Waals surface area contributed by atoms with Crippen molar-refractivity contribution >= 4 is 18.0 Å². The first kappa shape index (κ1) is 11.0. The van der Waals surface area contributed by atoms with Crippen molar-refractivity contribution in [1.29, 1.82) is 0 Å². The van der Waals surface area contributed by atoms with Crippen molar-refractivity contribution in [2.24, 2.45) is 4.99 Å². The average Bonchev–Trinajstić information content (AvgIpc) is 2.25. The molecule has 0 saturated heterocycles. The minimum Gasteiger partial charge on any atom is -0.265 e. The molecule has 0 radical (unpaired) electrons. The fraction of sp³-hybridized carbons (Fsp3) is 0.273. The molecule has 3 heteroatoms. The van der Waals surface area contributed by atoms with Crippen molar-refractivity contribution in [3.8, 4) is 0 Å². The van der Waals surface area contributed by atoms with Gasteiger partial charge >= 0.3 is 0 Å². The predicted molar refractivity (Wildman–Crippen MR) is 62.6 cm³/mol. The van der Waals surface area contributed by atoms with Crippen LogP contribution < -0.4 is 0 Å². The Morgan fingerprint density at radius 1 is 1.57 bits per heavy atom. The number of aromatic nitrogens is 1. The Bertz CT molecular complexity index is 317. The minimum atomic E-state index is 0.949. The Hall–Kier alpha value is -1.09. The average molecular weight is 206 g/mol. The maximum absolute atomic E-state index is 4.25. The van der Waals surface area contributed by atoms with Crippen LogP contribution in [0, 0.1) is 0 Å². The summed E-state index contributed by atoms with van der Waals surface area (Å²) in [5.41, 5.74) is 1.09. The Morgan fingerprint density at radius 2 is 2.43 bits per heavy atom. The molecular formula is C11H14N2S. The summed E-state index contributed by atoms with van der Waals surface area (Å²) in [4.78, 5) is 8.46. The van der Waals surface area contributed by atoms with Gasteiger partial charge in [-0.15, -0.1) is 0 Å². The number of rotatable bonds is 4. The van der Waals surface area contributed by atoms with E-state index in [2.05, 4.69) is 16.9 Å². The molecule has 0 bridgehead atoms. The third-order valence-electron chi connectivity index (χ3n) is 1.61. The van der Waals surface area contributed by atoms with Gasteiger partial charge in [-0.2, -0.15) is 0 Å². The van der Waals surface area contributed by atoms with Crippen LogP contribution in [0.15, 0.2) is 45.5 Å². The van der Waals surface area contributed by atoms with Gasteiger partial charge in [0.25, 0.3) is 0 Å². The van der Waals surface area contributed by atoms with E-state index in [1.165, 1.54) is 0 Å². The van der Waals surface area contributed by atoms with E-state index in [1.807, 2.05) is 36.7 Å². The van der Waals surface area contributed by atoms with Crippen LogP contribution in [-0.4, -0.2) is 11.2 Å². The number of nitrogens with zero attached hydrogens (tertiary/aromatic N) is 2. The monoisotopic (exact) mass is 206 g/mol. The number of allylic oxidation sites excluding steroid dienone is 1. The fourth-order valence-electron chi connectivity index (χ4n) is 0.916.